The fourth-order valence-corrected chi connectivity index (χ4v) is 0.793. The van der Waals surface area contributed by atoms with E-state index >= 15 is 0 Å². The summed E-state index contributed by atoms with van der Waals surface area (Å²) in [5.74, 6) is -0.833. The van der Waals surface area contributed by atoms with Crippen molar-refractivity contribution in [2.45, 2.75) is 20.0 Å². The lowest BCUT2D eigenvalue weighted by atomic mass is 10.3. The number of hydrogen-bond donors (Lipinski definition) is 2. The predicted octanol–water partition coefficient (Wildman–Crippen LogP) is 0.164. The molecule has 0 fully saturated rings. The zero-order valence-corrected chi connectivity index (χ0v) is 8.53. The van der Waals surface area contributed by atoms with Gasteiger partial charge in [-0.1, -0.05) is 0 Å². The van der Waals surface area contributed by atoms with Crippen LogP contribution in [0.25, 0.3) is 0 Å². The first-order valence-corrected chi connectivity index (χ1v) is 3.83. The minimum atomic E-state index is -0.833. The third-order valence-electron chi connectivity index (χ3n) is 0.812. The molecule has 0 rings (SSSR count). The third-order valence-corrected chi connectivity index (χ3v) is 0.812. The van der Waals surface area contributed by atoms with E-state index in [9.17, 15) is 0 Å². The summed E-state index contributed by atoms with van der Waals surface area (Å²) in [6, 6.07) is 0. The van der Waals surface area contributed by atoms with E-state index in [1.807, 2.05) is 6.92 Å². The fraction of sp³-hybridized carbons (Fsp3) is 0.875. The third kappa shape index (κ3) is 34.3. The number of likely N-dealkylation sites (N-methyl/N-ethyl adjacent to an activating group) is 1. The largest absolute Gasteiger partial charge is 0.481 e. The van der Waals surface area contributed by atoms with E-state index in [4.69, 9.17) is 15.0 Å². The van der Waals surface area contributed by atoms with Crippen molar-refractivity contribution in [3.05, 3.63) is 0 Å². The maximum Gasteiger partial charge on any atom is 0.300 e. The number of aliphatic carboxylic acids is 1. The van der Waals surface area contributed by atoms with Crippen molar-refractivity contribution in [2.75, 3.05) is 27.7 Å². The summed E-state index contributed by atoms with van der Waals surface area (Å²) in [6.45, 7) is 3.71. The number of aliphatic hydroxyl groups excluding tert-OH is 1. The van der Waals surface area contributed by atoms with Gasteiger partial charge >= 0.3 is 0 Å². The standard InChI is InChI=1S/C6H16NO.C2H4O2/c1-6(8)5-7(2,3)4;1-2(3)4/h6,8H,5H2,1-4H3;1H3,(H,3,4)/q+1;. The van der Waals surface area contributed by atoms with E-state index in [-0.39, 0.29) is 6.10 Å². The smallest absolute Gasteiger partial charge is 0.300 e. The van der Waals surface area contributed by atoms with Crippen LogP contribution in [0.4, 0.5) is 0 Å². The summed E-state index contributed by atoms with van der Waals surface area (Å²) >= 11 is 0. The Labute approximate surface area is 74.0 Å². The molecule has 4 heteroatoms. The molecule has 0 aliphatic heterocycles. The normalized spacial score (nSPS) is 12.8. The summed E-state index contributed by atoms with van der Waals surface area (Å²) in [5.41, 5.74) is 0. The monoisotopic (exact) mass is 178 g/mol. The van der Waals surface area contributed by atoms with Crippen molar-refractivity contribution in [3.8, 4) is 0 Å². The lowest BCUT2D eigenvalue weighted by Gasteiger charge is -2.24. The average Bonchev–Trinajstić information content (AvgIpc) is 1.52. The van der Waals surface area contributed by atoms with Gasteiger partial charge in [-0.05, 0) is 6.92 Å². The Kier molecular flexibility index (Phi) is 6.94. The minimum absolute atomic E-state index is 0.185. The number of aliphatic hydroxyl groups is 1. The van der Waals surface area contributed by atoms with Crippen LogP contribution in [0, 0.1) is 0 Å². The summed E-state index contributed by atoms with van der Waals surface area (Å²) < 4.78 is 0.831. The Hall–Kier alpha value is -0.610. The first-order valence-electron chi connectivity index (χ1n) is 3.83. The Bertz CT molecular complexity index is 123. The number of carboxylic acid groups (broad SMARTS) is 1. The number of carbonyl (C=O) groups is 1. The van der Waals surface area contributed by atoms with Crippen molar-refractivity contribution in [1.82, 2.24) is 0 Å². The lowest BCUT2D eigenvalue weighted by molar-refractivity contribution is -0.873. The molecule has 0 aromatic carbocycles. The van der Waals surface area contributed by atoms with E-state index in [0.29, 0.717) is 0 Å². The van der Waals surface area contributed by atoms with Crippen molar-refractivity contribution in [1.29, 1.82) is 0 Å². The Morgan fingerprint density at radius 2 is 1.67 bits per heavy atom. The number of rotatable bonds is 2. The van der Waals surface area contributed by atoms with E-state index < -0.39 is 5.97 Å². The highest BCUT2D eigenvalue weighted by Crippen LogP contribution is 1.92. The maximum atomic E-state index is 9.00. The van der Waals surface area contributed by atoms with Gasteiger partial charge in [0.2, 0.25) is 0 Å². The zero-order chi connectivity index (χ0) is 10.4. The van der Waals surface area contributed by atoms with Gasteiger partial charge < -0.3 is 14.7 Å². The van der Waals surface area contributed by atoms with Crippen LogP contribution >= 0.6 is 0 Å². The number of hydrogen-bond acceptors (Lipinski definition) is 2. The molecular weight excluding hydrogens is 158 g/mol. The highest BCUT2D eigenvalue weighted by molar-refractivity contribution is 5.62. The SMILES string of the molecule is CC(=O)O.CC(O)C[N+](C)(C)C. The van der Waals surface area contributed by atoms with Crippen LogP contribution in [0.15, 0.2) is 0 Å². The van der Waals surface area contributed by atoms with Gasteiger partial charge in [-0.2, -0.15) is 0 Å². The summed E-state index contributed by atoms with van der Waals surface area (Å²) in [5, 5.41) is 16.3. The summed E-state index contributed by atoms with van der Waals surface area (Å²) in [4.78, 5) is 9.00. The van der Waals surface area contributed by atoms with Crippen molar-refractivity contribution in [3.63, 3.8) is 0 Å². The Morgan fingerprint density at radius 3 is 1.67 bits per heavy atom. The fourth-order valence-electron chi connectivity index (χ4n) is 0.793. The Morgan fingerprint density at radius 1 is 1.42 bits per heavy atom. The van der Waals surface area contributed by atoms with E-state index in [1.54, 1.807) is 0 Å². The van der Waals surface area contributed by atoms with Crippen LogP contribution in [0.2, 0.25) is 0 Å². The molecular formula is C8H20NO3+. The maximum absolute atomic E-state index is 9.00. The molecule has 0 amide bonds. The number of quaternary nitrogens is 1. The average molecular weight is 178 g/mol. The molecule has 0 aliphatic carbocycles. The molecule has 0 radical (unpaired) electrons. The Balaban J connectivity index is 0. The predicted molar refractivity (Wildman–Crippen MR) is 47.9 cm³/mol. The molecule has 12 heavy (non-hydrogen) atoms. The van der Waals surface area contributed by atoms with E-state index in [0.717, 1.165) is 18.0 Å². The van der Waals surface area contributed by atoms with Crippen molar-refractivity contribution in [2.24, 2.45) is 0 Å². The van der Waals surface area contributed by atoms with Gasteiger partial charge in [-0.15, -0.1) is 0 Å². The molecule has 1 atom stereocenters. The van der Waals surface area contributed by atoms with Gasteiger partial charge in [0.05, 0.1) is 21.1 Å². The number of nitrogens with zero attached hydrogens (tertiary/aromatic N) is 1. The molecule has 74 valence electrons. The van der Waals surface area contributed by atoms with Gasteiger partial charge in [0.25, 0.3) is 5.97 Å². The highest BCUT2D eigenvalue weighted by atomic mass is 16.4. The van der Waals surface area contributed by atoms with E-state index in [2.05, 4.69) is 21.1 Å². The summed E-state index contributed by atoms with van der Waals surface area (Å²) in [6.07, 6.45) is -0.185. The molecule has 0 aliphatic rings. The molecule has 0 bridgehead atoms. The molecule has 0 aromatic rings. The molecule has 0 saturated carbocycles. The second-order valence-electron chi connectivity index (χ2n) is 3.84. The van der Waals surface area contributed by atoms with Crippen LogP contribution in [-0.2, 0) is 4.79 Å². The highest BCUT2D eigenvalue weighted by Gasteiger charge is 2.09. The summed E-state index contributed by atoms with van der Waals surface area (Å²) in [7, 11) is 6.19. The van der Waals surface area contributed by atoms with E-state index in [1.165, 1.54) is 0 Å². The van der Waals surface area contributed by atoms with Crippen LogP contribution in [-0.4, -0.2) is 54.5 Å². The van der Waals surface area contributed by atoms with Gasteiger partial charge in [-0.3, -0.25) is 4.79 Å². The first kappa shape index (κ1) is 13.9. The molecule has 4 nitrogen and oxygen atoms in total. The minimum Gasteiger partial charge on any atom is -0.481 e. The van der Waals surface area contributed by atoms with Gasteiger partial charge in [0.15, 0.2) is 0 Å². The van der Waals surface area contributed by atoms with Crippen molar-refractivity contribution >= 4 is 5.97 Å². The second kappa shape index (κ2) is 5.97. The molecule has 0 spiro atoms. The first-order chi connectivity index (χ1) is 5.15. The molecule has 0 saturated heterocycles. The molecule has 0 heterocycles. The topological polar surface area (TPSA) is 57.5 Å². The van der Waals surface area contributed by atoms with Crippen LogP contribution < -0.4 is 0 Å². The lowest BCUT2D eigenvalue weighted by Crippen LogP contribution is -2.40. The molecule has 2 N–H and O–H groups in total. The zero-order valence-electron chi connectivity index (χ0n) is 8.53. The second-order valence-corrected chi connectivity index (χ2v) is 3.84. The molecule has 0 aromatic heterocycles. The van der Waals surface area contributed by atoms with Crippen LogP contribution in [0.3, 0.4) is 0 Å². The quantitative estimate of drug-likeness (QED) is 0.592. The van der Waals surface area contributed by atoms with Gasteiger partial charge in [0, 0.05) is 6.92 Å². The van der Waals surface area contributed by atoms with Crippen LogP contribution in [0.5, 0.6) is 0 Å². The van der Waals surface area contributed by atoms with Gasteiger partial charge in [0.1, 0.15) is 12.6 Å². The molecule has 1 unspecified atom stereocenters. The van der Waals surface area contributed by atoms with Gasteiger partial charge in [-0.25, -0.2) is 0 Å². The van der Waals surface area contributed by atoms with Crippen LogP contribution in [0.1, 0.15) is 13.8 Å². The number of carboxylic acids is 1. The van der Waals surface area contributed by atoms with Crippen molar-refractivity contribution < 1.29 is 19.5 Å².